The van der Waals surface area contributed by atoms with Gasteiger partial charge in [0.05, 0.1) is 23.1 Å². The average Bonchev–Trinajstić information content (AvgIpc) is 2.85. The summed E-state index contributed by atoms with van der Waals surface area (Å²) in [5.41, 5.74) is 6.63. The van der Waals surface area contributed by atoms with E-state index >= 15 is 0 Å². The molecular formula is C9H12N6O2S2. The van der Waals surface area contributed by atoms with E-state index in [1.165, 1.54) is 6.20 Å². The van der Waals surface area contributed by atoms with Crippen molar-refractivity contribution in [2.45, 2.75) is 18.7 Å². The molecule has 102 valence electrons. The van der Waals surface area contributed by atoms with Crippen LogP contribution in [0.5, 0.6) is 0 Å². The van der Waals surface area contributed by atoms with Gasteiger partial charge >= 0.3 is 0 Å². The van der Waals surface area contributed by atoms with Gasteiger partial charge in [-0.2, -0.15) is 10.2 Å². The molecule has 0 aromatic carbocycles. The molecule has 0 radical (unpaired) electrons. The number of rotatable bonds is 4. The Hall–Kier alpha value is -1.94. The third-order valence-corrected chi connectivity index (χ3v) is 4.30. The number of H-pyrrole nitrogens is 2. The standard InChI is InChI=1S/C9H12N6O2S2/c1-4-7(5(2)13-12-4)19(16,17)15-9-6(8(10)18)3-11-14-9/h3H,1-2H3,(H2,10,18)(H,12,13)(H2,11,14,15). The van der Waals surface area contributed by atoms with Gasteiger partial charge in [-0.3, -0.25) is 14.9 Å². The SMILES string of the molecule is Cc1n[nH]c(C)c1S(=O)(=O)Nc1[nH]ncc1C(N)=S. The van der Waals surface area contributed by atoms with Crippen molar-refractivity contribution in [1.29, 1.82) is 0 Å². The maximum atomic E-state index is 12.3. The van der Waals surface area contributed by atoms with Crippen molar-refractivity contribution in [2.75, 3.05) is 4.72 Å². The Labute approximate surface area is 114 Å². The van der Waals surface area contributed by atoms with Gasteiger partial charge in [0, 0.05) is 0 Å². The largest absolute Gasteiger partial charge is 0.389 e. The van der Waals surface area contributed by atoms with Crippen LogP contribution in [0.4, 0.5) is 5.82 Å². The van der Waals surface area contributed by atoms with Crippen molar-refractivity contribution in [3.05, 3.63) is 23.1 Å². The maximum Gasteiger partial charge on any atom is 0.266 e. The number of hydrogen-bond donors (Lipinski definition) is 4. The Kier molecular flexibility index (Phi) is 3.28. The summed E-state index contributed by atoms with van der Waals surface area (Å²) in [7, 11) is -3.79. The second-order valence-corrected chi connectivity index (χ2v) is 5.95. The van der Waals surface area contributed by atoms with Crippen LogP contribution >= 0.6 is 12.2 Å². The molecule has 2 aromatic heterocycles. The number of hydrogen-bond acceptors (Lipinski definition) is 5. The first-order valence-corrected chi connectivity index (χ1v) is 7.09. The Morgan fingerprint density at radius 1 is 1.42 bits per heavy atom. The van der Waals surface area contributed by atoms with Crippen LogP contribution in [0.3, 0.4) is 0 Å². The summed E-state index contributed by atoms with van der Waals surface area (Å²) >= 11 is 4.81. The Morgan fingerprint density at radius 3 is 2.63 bits per heavy atom. The number of aromatic amines is 2. The number of thiocarbonyl (C=S) groups is 1. The molecule has 0 saturated heterocycles. The van der Waals surface area contributed by atoms with Crippen molar-refractivity contribution in [3.8, 4) is 0 Å². The molecule has 0 aliphatic heterocycles. The highest BCUT2D eigenvalue weighted by atomic mass is 32.2. The summed E-state index contributed by atoms with van der Waals surface area (Å²) in [6.45, 7) is 3.22. The predicted molar refractivity (Wildman–Crippen MR) is 73.3 cm³/mol. The van der Waals surface area contributed by atoms with Crippen LogP contribution in [0, 0.1) is 13.8 Å². The molecule has 0 saturated carbocycles. The highest BCUT2D eigenvalue weighted by molar-refractivity contribution is 7.92. The Morgan fingerprint density at radius 2 is 2.11 bits per heavy atom. The quantitative estimate of drug-likeness (QED) is 0.596. The number of aryl methyl sites for hydroxylation is 2. The number of anilines is 1. The number of sulfonamides is 1. The predicted octanol–water partition coefficient (Wildman–Crippen LogP) is 0.185. The van der Waals surface area contributed by atoms with Gasteiger partial charge in [0.1, 0.15) is 15.7 Å². The number of nitrogens with zero attached hydrogens (tertiary/aromatic N) is 2. The molecule has 0 spiro atoms. The van der Waals surface area contributed by atoms with E-state index < -0.39 is 10.0 Å². The molecule has 0 aliphatic carbocycles. The van der Waals surface area contributed by atoms with Crippen molar-refractivity contribution >= 4 is 33.0 Å². The monoisotopic (exact) mass is 300 g/mol. The van der Waals surface area contributed by atoms with Crippen LogP contribution in [0.2, 0.25) is 0 Å². The molecule has 0 amide bonds. The molecule has 0 fully saturated rings. The lowest BCUT2D eigenvalue weighted by atomic mass is 10.3. The van der Waals surface area contributed by atoms with Crippen LogP contribution in [-0.4, -0.2) is 33.8 Å². The smallest absolute Gasteiger partial charge is 0.266 e. The van der Waals surface area contributed by atoms with Gasteiger partial charge in [-0.05, 0) is 13.8 Å². The summed E-state index contributed by atoms with van der Waals surface area (Å²) in [5, 5.41) is 12.7. The van der Waals surface area contributed by atoms with Gasteiger partial charge in [0.25, 0.3) is 10.0 Å². The summed E-state index contributed by atoms with van der Waals surface area (Å²) in [5.74, 6) is 0.132. The third kappa shape index (κ3) is 2.44. The van der Waals surface area contributed by atoms with E-state index in [1.54, 1.807) is 13.8 Å². The van der Waals surface area contributed by atoms with Gasteiger partial charge in [-0.15, -0.1) is 0 Å². The number of aromatic nitrogens is 4. The first kappa shape index (κ1) is 13.5. The van der Waals surface area contributed by atoms with E-state index in [1.807, 2.05) is 0 Å². The van der Waals surface area contributed by atoms with E-state index in [4.69, 9.17) is 18.0 Å². The molecule has 2 heterocycles. The lowest BCUT2D eigenvalue weighted by Gasteiger charge is -2.07. The van der Waals surface area contributed by atoms with Crippen LogP contribution < -0.4 is 10.5 Å². The Balaban J connectivity index is 2.43. The molecule has 2 aromatic rings. The summed E-state index contributed by atoms with van der Waals surface area (Å²) in [6, 6.07) is 0. The van der Waals surface area contributed by atoms with Gasteiger partial charge in [0.2, 0.25) is 0 Å². The number of nitrogens with two attached hydrogens (primary N) is 1. The zero-order chi connectivity index (χ0) is 14.2. The second-order valence-electron chi connectivity index (χ2n) is 3.89. The van der Waals surface area contributed by atoms with Crippen molar-refractivity contribution in [3.63, 3.8) is 0 Å². The van der Waals surface area contributed by atoms with Crippen LogP contribution in [0.25, 0.3) is 0 Å². The minimum Gasteiger partial charge on any atom is -0.389 e. The molecule has 10 heteroatoms. The second kappa shape index (κ2) is 4.63. The van der Waals surface area contributed by atoms with Gasteiger partial charge in [-0.1, -0.05) is 12.2 Å². The van der Waals surface area contributed by atoms with Gasteiger partial charge < -0.3 is 5.73 Å². The summed E-state index contributed by atoms with van der Waals surface area (Å²) in [4.78, 5) is 0.142. The fourth-order valence-electron chi connectivity index (χ4n) is 1.67. The van der Waals surface area contributed by atoms with E-state index in [2.05, 4.69) is 25.1 Å². The van der Waals surface area contributed by atoms with Gasteiger partial charge in [-0.25, -0.2) is 8.42 Å². The van der Waals surface area contributed by atoms with E-state index in [0.717, 1.165) is 0 Å². The first-order chi connectivity index (χ1) is 8.83. The van der Waals surface area contributed by atoms with Crippen molar-refractivity contribution < 1.29 is 8.42 Å². The first-order valence-electron chi connectivity index (χ1n) is 5.20. The Bertz CT molecular complexity index is 710. The zero-order valence-corrected chi connectivity index (χ0v) is 11.8. The molecule has 5 N–H and O–H groups in total. The molecule has 19 heavy (non-hydrogen) atoms. The third-order valence-electron chi connectivity index (χ3n) is 2.47. The van der Waals surface area contributed by atoms with Gasteiger partial charge in [0.15, 0.2) is 0 Å². The van der Waals surface area contributed by atoms with E-state index in [-0.39, 0.29) is 15.7 Å². The van der Waals surface area contributed by atoms with E-state index in [0.29, 0.717) is 17.0 Å². The zero-order valence-electron chi connectivity index (χ0n) is 10.2. The minimum absolute atomic E-state index is 0.0482. The molecule has 2 rings (SSSR count). The fourth-order valence-corrected chi connectivity index (χ4v) is 3.24. The molecule has 0 unspecified atom stereocenters. The van der Waals surface area contributed by atoms with Crippen molar-refractivity contribution in [2.24, 2.45) is 5.73 Å². The minimum atomic E-state index is -3.79. The van der Waals surface area contributed by atoms with Crippen molar-refractivity contribution in [1.82, 2.24) is 20.4 Å². The lowest BCUT2D eigenvalue weighted by Crippen LogP contribution is -2.18. The molecule has 8 nitrogen and oxygen atoms in total. The fraction of sp³-hybridized carbons (Fsp3) is 0.222. The lowest BCUT2D eigenvalue weighted by molar-refractivity contribution is 0.600. The summed E-state index contributed by atoms with van der Waals surface area (Å²) in [6.07, 6.45) is 1.36. The van der Waals surface area contributed by atoms with Crippen LogP contribution in [0.15, 0.2) is 11.1 Å². The normalized spacial score (nSPS) is 11.5. The molecule has 0 atom stereocenters. The van der Waals surface area contributed by atoms with Crippen LogP contribution in [0.1, 0.15) is 17.0 Å². The highest BCUT2D eigenvalue weighted by Crippen LogP contribution is 2.21. The van der Waals surface area contributed by atoms with Crippen LogP contribution in [-0.2, 0) is 10.0 Å². The molecule has 0 bridgehead atoms. The maximum absolute atomic E-state index is 12.3. The molecule has 0 aliphatic rings. The number of nitrogens with one attached hydrogen (secondary N) is 3. The molecular weight excluding hydrogens is 288 g/mol. The average molecular weight is 300 g/mol. The summed E-state index contributed by atoms with van der Waals surface area (Å²) < 4.78 is 26.9. The topological polar surface area (TPSA) is 130 Å². The highest BCUT2D eigenvalue weighted by Gasteiger charge is 2.24. The van der Waals surface area contributed by atoms with E-state index in [9.17, 15) is 8.42 Å².